The Morgan fingerprint density at radius 3 is 2.21 bits per heavy atom. The third-order valence-electron chi connectivity index (χ3n) is 5.39. The number of amides is 1. The average Bonchev–Trinajstić information content (AvgIpc) is 2.84. The molecule has 0 aliphatic heterocycles. The van der Waals surface area contributed by atoms with Gasteiger partial charge in [0.1, 0.15) is 24.4 Å². The second-order valence-electron chi connectivity index (χ2n) is 8.47. The van der Waals surface area contributed by atoms with Gasteiger partial charge in [0, 0.05) is 12.3 Å². The molecule has 2 atom stereocenters. The number of benzene rings is 1. The van der Waals surface area contributed by atoms with Gasteiger partial charge in [0.2, 0.25) is 27.6 Å². The summed E-state index contributed by atoms with van der Waals surface area (Å²) in [6.07, 6.45) is 0.0794. The maximum atomic E-state index is 13.8. The summed E-state index contributed by atoms with van der Waals surface area (Å²) in [5.41, 5.74) is -1.28. The molecule has 0 fully saturated rings. The molecule has 0 spiro atoms. The second-order valence-corrected chi connectivity index (χ2v) is 10.7. The van der Waals surface area contributed by atoms with Crippen LogP contribution < -0.4 is 20.3 Å². The zero-order valence-corrected chi connectivity index (χ0v) is 21.7. The molecule has 11 nitrogen and oxygen atoms in total. The number of carboxylic acids is 1. The quantitative estimate of drug-likeness (QED) is 0.240. The Kier molecular flexibility index (Phi) is 10.2. The number of carbonyl (C=O) groups is 3. The predicted molar refractivity (Wildman–Crippen MR) is 129 cm³/mol. The van der Waals surface area contributed by atoms with Crippen LogP contribution >= 0.6 is 0 Å². The minimum Gasteiger partial charge on any atom is -0.481 e. The molecule has 1 amide bonds. The highest BCUT2D eigenvalue weighted by Gasteiger charge is 2.30. The van der Waals surface area contributed by atoms with Crippen molar-refractivity contribution in [3.05, 3.63) is 58.0 Å². The Bertz CT molecular complexity index is 1400. The van der Waals surface area contributed by atoms with E-state index in [-0.39, 0.29) is 18.2 Å². The van der Waals surface area contributed by atoms with Crippen LogP contribution in [0.3, 0.4) is 0 Å². The highest BCUT2D eigenvalue weighted by molar-refractivity contribution is 7.93. The minimum atomic E-state index is -3.92. The summed E-state index contributed by atoms with van der Waals surface area (Å²) in [4.78, 5) is 49.7. The van der Waals surface area contributed by atoms with Gasteiger partial charge in [0.25, 0.3) is 5.56 Å². The number of anilines is 1. The standard InChI is InChI=1S/C23H25F4N3O8S/c1-4-16(30-7-5-6-14(23(30)35)29-39(36,37)11(2)3)22(34)28-15(9-18(32)33)17(31)10-38-21-19(26)12(24)8-13(25)20(21)27/h5-8,11,15-16,29H,4,9-10H2,1-3H3,(H,28,34)(H,32,33). The first-order chi connectivity index (χ1) is 18.1. The molecule has 2 unspecified atom stereocenters. The zero-order chi connectivity index (χ0) is 29.7. The Morgan fingerprint density at radius 1 is 1.10 bits per heavy atom. The molecule has 0 radical (unpaired) electrons. The number of pyridine rings is 1. The number of aromatic nitrogens is 1. The third kappa shape index (κ3) is 7.55. The summed E-state index contributed by atoms with van der Waals surface area (Å²) >= 11 is 0. The number of hydrogen-bond acceptors (Lipinski definition) is 7. The van der Waals surface area contributed by atoms with Crippen LogP contribution in [-0.2, 0) is 24.4 Å². The molecule has 0 aliphatic rings. The van der Waals surface area contributed by atoms with Gasteiger partial charge >= 0.3 is 5.97 Å². The first-order valence-corrected chi connectivity index (χ1v) is 12.9. The van der Waals surface area contributed by atoms with E-state index in [0.29, 0.717) is 0 Å². The summed E-state index contributed by atoms with van der Waals surface area (Å²) in [5.74, 6) is -12.9. The molecule has 39 heavy (non-hydrogen) atoms. The zero-order valence-electron chi connectivity index (χ0n) is 20.8. The lowest BCUT2D eigenvalue weighted by molar-refractivity contribution is -0.140. The van der Waals surface area contributed by atoms with Crippen molar-refractivity contribution in [3.8, 4) is 5.75 Å². The lowest BCUT2D eigenvalue weighted by Crippen LogP contribution is -2.48. The van der Waals surface area contributed by atoms with Gasteiger partial charge in [-0.25, -0.2) is 17.2 Å². The molecule has 0 bridgehead atoms. The fourth-order valence-corrected chi connectivity index (χ4v) is 3.92. The number of Topliss-reactive ketones (excluding diaryl/α,β-unsaturated/α-hetero) is 1. The van der Waals surface area contributed by atoms with Crippen LogP contribution in [0.1, 0.15) is 39.7 Å². The van der Waals surface area contributed by atoms with Crippen molar-refractivity contribution >= 4 is 33.4 Å². The Morgan fingerprint density at radius 2 is 1.69 bits per heavy atom. The third-order valence-corrected chi connectivity index (χ3v) is 7.13. The van der Waals surface area contributed by atoms with E-state index in [1.165, 1.54) is 39.1 Å². The molecule has 0 saturated carbocycles. The second kappa shape index (κ2) is 12.7. The maximum absolute atomic E-state index is 13.8. The van der Waals surface area contributed by atoms with E-state index in [2.05, 4.69) is 14.8 Å². The highest BCUT2D eigenvalue weighted by atomic mass is 32.2. The van der Waals surface area contributed by atoms with E-state index >= 15 is 0 Å². The highest BCUT2D eigenvalue weighted by Crippen LogP contribution is 2.26. The SMILES string of the molecule is CCC(C(=O)NC(CC(=O)O)C(=O)COc1c(F)c(F)cc(F)c1F)n1cccc(NS(=O)(=O)C(C)C)c1=O. The molecular formula is C23H25F4N3O8S. The molecule has 2 aromatic rings. The fourth-order valence-electron chi connectivity index (χ4n) is 3.22. The number of carbonyl (C=O) groups excluding carboxylic acids is 2. The van der Waals surface area contributed by atoms with Crippen LogP contribution in [0.4, 0.5) is 23.2 Å². The summed E-state index contributed by atoms with van der Waals surface area (Å²) in [6, 6.07) is -0.817. The number of halogens is 4. The molecule has 16 heteroatoms. The lowest BCUT2D eigenvalue weighted by Gasteiger charge is -2.22. The Labute approximate surface area is 219 Å². The summed E-state index contributed by atoms with van der Waals surface area (Å²) in [6.45, 7) is 2.95. The molecular weight excluding hydrogens is 554 g/mol. The molecule has 214 valence electrons. The van der Waals surface area contributed by atoms with Crippen LogP contribution in [0.25, 0.3) is 0 Å². The first-order valence-electron chi connectivity index (χ1n) is 11.3. The smallest absolute Gasteiger partial charge is 0.305 e. The van der Waals surface area contributed by atoms with Gasteiger partial charge in [0.15, 0.2) is 23.2 Å². The fraction of sp³-hybridized carbons (Fsp3) is 0.391. The van der Waals surface area contributed by atoms with Crippen LogP contribution in [-0.4, -0.2) is 53.6 Å². The summed E-state index contributed by atoms with van der Waals surface area (Å²) in [5, 5.41) is 10.4. The van der Waals surface area contributed by atoms with Crippen LogP contribution in [0.2, 0.25) is 0 Å². The first kappa shape index (κ1) is 31.3. The summed E-state index contributed by atoms with van der Waals surface area (Å²) in [7, 11) is -3.92. The summed E-state index contributed by atoms with van der Waals surface area (Å²) < 4.78 is 86.3. The van der Waals surface area contributed by atoms with Gasteiger partial charge in [-0.3, -0.25) is 23.9 Å². The van der Waals surface area contributed by atoms with Gasteiger partial charge in [-0.05, 0) is 32.4 Å². The molecule has 1 aromatic carbocycles. The van der Waals surface area contributed by atoms with Crippen LogP contribution in [0.5, 0.6) is 5.75 Å². The van der Waals surface area contributed by atoms with Gasteiger partial charge in [-0.15, -0.1) is 0 Å². The number of ketones is 1. The van der Waals surface area contributed by atoms with Crippen molar-refractivity contribution < 1.29 is 50.2 Å². The van der Waals surface area contributed by atoms with E-state index in [1.807, 2.05) is 0 Å². The van der Waals surface area contributed by atoms with E-state index in [9.17, 15) is 45.2 Å². The van der Waals surface area contributed by atoms with Gasteiger partial charge in [-0.2, -0.15) is 8.78 Å². The van der Waals surface area contributed by atoms with Crippen molar-refractivity contribution in [2.75, 3.05) is 11.3 Å². The maximum Gasteiger partial charge on any atom is 0.305 e. The topological polar surface area (TPSA) is 161 Å². The predicted octanol–water partition coefficient (Wildman–Crippen LogP) is 2.11. The molecule has 2 rings (SSSR count). The normalized spacial score (nSPS) is 13.0. The number of carboxylic acid groups (broad SMARTS) is 1. The molecule has 3 N–H and O–H groups in total. The number of ether oxygens (including phenoxy) is 1. The van der Waals surface area contributed by atoms with E-state index in [1.54, 1.807) is 0 Å². The molecule has 1 heterocycles. The van der Waals surface area contributed by atoms with E-state index in [0.717, 1.165) is 4.57 Å². The van der Waals surface area contributed by atoms with Crippen LogP contribution in [0, 0.1) is 23.3 Å². The lowest BCUT2D eigenvalue weighted by atomic mass is 10.1. The minimum absolute atomic E-state index is 0.0738. The van der Waals surface area contributed by atoms with Gasteiger partial charge < -0.3 is 19.7 Å². The van der Waals surface area contributed by atoms with Crippen LogP contribution in [0.15, 0.2) is 29.2 Å². The number of nitrogens with one attached hydrogen (secondary N) is 2. The van der Waals surface area contributed by atoms with Gasteiger partial charge in [0.05, 0.1) is 11.7 Å². The van der Waals surface area contributed by atoms with E-state index < -0.39 is 92.6 Å². The van der Waals surface area contributed by atoms with Crippen molar-refractivity contribution in [2.24, 2.45) is 0 Å². The van der Waals surface area contributed by atoms with Crippen molar-refractivity contribution in [1.29, 1.82) is 0 Å². The Balaban J connectivity index is 2.29. The molecule has 1 aromatic heterocycles. The average molecular weight is 580 g/mol. The largest absolute Gasteiger partial charge is 0.481 e. The number of hydrogen-bond donors (Lipinski definition) is 3. The molecule has 0 saturated heterocycles. The van der Waals surface area contributed by atoms with E-state index in [4.69, 9.17) is 5.11 Å². The van der Waals surface area contributed by atoms with Crippen molar-refractivity contribution in [1.82, 2.24) is 9.88 Å². The Hall–Kier alpha value is -3.95. The number of aliphatic carboxylic acids is 1. The van der Waals surface area contributed by atoms with Crippen molar-refractivity contribution in [2.45, 2.75) is 50.9 Å². The van der Waals surface area contributed by atoms with Crippen molar-refractivity contribution in [3.63, 3.8) is 0 Å². The number of rotatable bonds is 13. The number of nitrogens with zero attached hydrogens (tertiary/aromatic N) is 1. The molecule has 0 aliphatic carbocycles. The van der Waals surface area contributed by atoms with Gasteiger partial charge in [-0.1, -0.05) is 6.92 Å². The monoisotopic (exact) mass is 579 g/mol. The number of sulfonamides is 1.